The predicted octanol–water partition coefficient (Wildman–Crippen LogP) is 8.72. The molecule has 2 heterocycles. The standard InChI is InChI=1S/C32H28Cl4FN5O3/c1-32(2,3)45-31(44)41-13-12-23-28(30(43)39-38-26-10-6-20(33)15-24(26)35)40-42(27-11-7-21(34)16-25(27)36)29(23)19(17-41)14-18-4-8-22(37)9-5-18/h4-11,14-16,38H,12-13,17H2,1-3H3,(H,39,43)/b19-14+. The Bertz CT molecular complexity index is 1800. The number of rotatable bonds is 5. The van der Waals surface area contributed by atoms with E-state index in [4.69, 9.17) is 56.2 Å². The number of carbonyl (C=O) groups is 2. The Labute approximate surface area is 279 Å². The molecule has 0 saturated carbocycles. The maximum Gasteiger partial charge on any atom is 0.410 e. The zero-order valence-corrected chi connectivity index (χ0v) is 27.5. The molecule has 0 spiro atoms. The molecule has 2 N–H and O–H groups in total. The molecule has 45 heavy (non-hydrogen) atoms. The summed E-state index contributed by atoms with van der Waals surface area (Å²) in [6.45, 7) is 5.69. The van der Waals surface area contributed by atoms with Crippen LogP contribution in [0.5, 0.6) is 0 Å². The number of amides is 2. The SMILES string of the molecule is CC(C)(C)OC(=O)N1CCc2c(C(=O)NNc3ccc(Cl)cc3Cl)nn(-c3ccc(Cl)cc3Cl)c2/C(=C/c2ccc(F)cc2)C1. The first-order valence-corrected chi connectivity index (χ1v) is 15.3. The van der Waals surface area contributed by atoms with Gasteiger partial charge in [-0.3, -0.25) is 15.6 Å². The monoisotopic (exact) mass is 689 g/mol. The van der Waals surface area contributed by atoms with Crippen molar-refractivity contribution in [3.05, 3.63) is 109 Å². The van der Waals surface area contributed by atoms with Gasteiger partial charge in [0, 0.05) is 22.2 Å². The van der Waals surface area contributed by atoms with E-state index in [9.17, 15) is 14.0 Å². The highest BCUT2D eigenvalue weighted by molar-refractivity contribution is 6.36. The maximum atomic E-state index is 13.8. The molecule has 8 nitrogen and oxygen atoms in total. The molecule has 1 aliphatic heterocycles. The van der Waals surface area contributed by atoms with Crippen molar-refractivity contribution >= 4 is 75.7 Å². The fraction of sp³-hybridized carbons (Fsp3) is 0.219. The lowest BCUT2D eigenvalue weighted by atomic mass is 10.0. The van der Waals surface area contributed by atoms with Gasteiger partial charge in [-0.05, 0) is 92.9 Å². The van der Waals surface area contributed by atoms with Gasteiger partial charge < -0.3 is 9.64 Å². The summed E-state index contributed by atoms with van der Waals surface area (Å²) >= 11 is 25.2. The number of hydrazine groups is 1. The van der Waals surface area contributed by atoms with E-state index in [0.717, 1.165) is 0 Å². The van der Waals surface area contributed by atoms with Crippen LogP contribution in [-0.2, 0) is 11.2 Å². The van der Waals surface area contributed by atoms with Gasteiger partial charge in [0.2, 0.25) is 0 Å². The second-order valence-corrected chi connectivity index (χ2v) is 12.9. The molecule has 3 aromatic carbocycles. The van der Waals surface area contributed by atoms with Crippen molar-refractivity contribution in [2.45, 2.75) is 32.8 Å². The summed E-state index contributed by atoms with van der Waals surface area (Å²) in [5.41, 5.74) is 8.11. The number of ether oxygens (including phenoxy) is 1. The fourth-order valence-corrected chi connectivity index (χ4v) is 5.71. The Morgan fingerprint density at radius 3 is 2.27 bits per heavy atom. The topological polar surface area (TPSA) is 88.5 Å². The van der Waals surface area contributed by atoms with Gasteiger partial charge in [0.05, 0.1) is 33.7 Å². The zero-order chi connectivity index (χ0) is 32.5. The number of hydrogen-bond donors (Lipinski definition) is 2. The first-order valence-electron chi connectivity index (χ1n) is 13.8. The van der Waals surface area contributed by atoms with Gasteiger partial charge in [0.15, 0.2) is 5.69 Å². The van der Waals surface area contributed by atoms with E-state index in [2.05, 4.69) is 10.9 Å². The van der Waals surface area contributed by atoms with Crippen LogP contribution in [0.4, 0.5) is 14.9 Å². The van der Waals surface area contributed by atoms with Crippen molar-refractivity contribution in [2.24, 2.45) is 0 Å². The maximum absolute atomic E-state index is 13.8. The van der Waals surface area contributed by atoms with Crippen molar-refractivity contribution in [2.75, 3.05) is 18.5 Å². The number of halogens is 5. The molecule has 0 bridgehead atoms. The third kappa shape index (κ3) is 7.73. The number of anilines is 1. The summed E-state index contributed by atoms with van der Waals surface area (Å²) in [6.07, 6.45) is 1.55. The van der Waals surface area contributed by atoms with Gasteiger partial charge in [0.1, 0.15) is 11.4 Å². The second kappa shape index (κ2) is 13.3. The van der Waals surface area contributed by atoms with Crippen LogP contribution in [0.3, 0.4) is 0 Å². The summed E-state index contributed by atoms with van der Waals surface area (Å²) in [5.74, 6) is -0.952. The molecule has 5 rings (SSSR count). The molecule has 1 aromatic heterocycles. The number of hydrogen-bond acceptors (Lipinski definition) is 5. The fourth-order valence-electron chi connectivity index (χ4n) is 4.76. The van der Waals surface area contributed by atoms with Crippen LogP contribution in [0.2, 0.25) is 20.1 Å². The van der Waals surface area contributed by atoms with Crippen LogP contribution in [0.15, 0.2) is 60.7 Å². The number of fused-ring (bicyclic) bond motifs is 1. The molecule has 0 atom stereocenters. The number of benzene rings is 3. The van der Waals surface area contributed by atoms with Crippen molar-refractivity contribution in [3.63, 3.8) is 0 Å². The summed E-state index contributed by atoms with van der Waals surface area (Å²) in [7, 11) is 0. The van der Waals surface area contributed by atoms with E-state index in [-0.39, 0.29) is 31.0 Å². The first-order chi connectivity index (χ1) is 21.3. The molecule has 0 aliphatic carbocycles. The number of aromatic nitrogens is 2. The predicted molar refractivity (Wildman–Crippen MR) is 177 cm³/mol. The van der Waals surface area contributed by atoms with E-state index >= 15 is 0 Å². The van der Waals surface area contributed by atoms with Gasteiger partial charge in [-0.25, -0.2) is 13.9 Å². The summed E-state index contributed by atoms with van der Waals surface area (Å²) in [6, 6.07) is 15.6. The molecule has 1 aliphatic rings. The number of nitrogens with one attached hydrogen (secondary N) is 2. The number of carbonyl (C=O) groups excluding carboxylic acids is 2. The molecular formula is C32H28Cl4FN5O3. The summed E-state index contributed by atoms with van der Waals surface area (Å²) < 4.78 is 21.1. The molecule has 0 saturated heterocycles. The van der Waals surface area contributed by atoms with Crippen molar-refractivity contribution in [3.8, 4) is 5.69 Å². The highest BCUT2D eigenvalue weighted by Gasteiger charge is 2.33. The Kier molecular flexibility index (Phi) is 9.65. The lowest BCUT2D eigenvalue weighted by Crippen LogP contribution is -2.38. The van der Waals surface area contributed by atoms with Gasteiger partial charge in [0.25, 0.3) is 5.91 Å². The minimum atomic E-state index is -0.732. The third-order valence-electron chi connectivity index (χ3n) is 6.74. The van der Waals surface area contributed by atoms with Gasteiger partial charge >= 0.3 is 6.09 Å². The third-order valence-corrected chi connectivity index (χ3v) is 7.82. The van der Waals surface area contributed by atoms with Gasteiger partial charge in [-0.15, -0.1) is 0 Å². The van der Waals surface area contributed by atoms with E-state index in [0.29, 0.717) is 53.9 Å². The molecule has 2 amide bonds. The zero-order valence-electron chi connectivity index (χ0n) is 24.4. The average Bonchev–Trinajstić information content (AvgIpc) is 3.23. The highest BCUT2D eigenvalue weighted by atomic mass is 35.5. The van der Waals surface area contributed by atoms with Crippen LogP contribution in [0, 0.1) is 5.82 Å². The molecule has 0 fully saturated rings. The summed E-state index contributed by atoms with van der Waals surface area (Å²) in [4.78, 5) is 28.6. The largest absolute Gasteiger partial charge is 0.444 e. The Morgan fingerprint density at radius 2 is 1.62 bits per heavy atom. The van der Waals surface area contributed by atoms with E-state index in [1.54, 1.807) is 78.9 Å². The van der Waals surface area contributed by atoms with Crippen molar-refractivity contribution in [1.82, 2.24) is 20.1 Å². The van der Waals surface area contributed by atoms with Crippen LogP contribution in [0.25, 0.3) is 17.3 Å². The average molecular weight is 691 g/mol. The van der Waals surface area contributed by atoms with Gasteiger partial charge in [-0.2, -0.15) is 5.10 Å². The highest BCUT2D eigenvalue weighted by Crippen LogP contribution is 2.35. The van der Waals surface area contributed by atoms with Crippen LogP contribution in [-0.4, -0.2) is 45.4 Å². The van der Waals surface area contributed by atoms with Crippen molar-refractivity contribution < 1.29 is 18.7 Å². The minimum absolute atomic E-state index is 0.0876. The smallest absolute Gasteiger partial charge is 0.410 e. The lowest BCUT2D eigenvalue weighted by molar-refractivity contribution is 0.0279. The summed E-state index contributed by atoms with van der Waals surface area (Å²) in [5, 5.41) is 6.18. The van der Waals surface area contributed by atoms with Crippen molar-refractivity contribution in [1.29, 1.82) is 0 Å². The Balaban J connectivity index is 1.65. The number of nitrogens with zero attached hydrogens (tertiary/aromatic N) is 3. The normalized spacial score (nSPS) is 14.1. The van der Waals surface area contributed by atoms with Crippen LogP contribution >= 0.6 is 46.4 Å². The van der Waals surface area contributed by atoms with E-state index < -0.39 is 17.6 Å². The van der Waals surface area contributed by atoms with Gasteiger partial charge in [-0.1, -0.05) is 58.5 Å². The van der Waals surface area contributed by atoms with Crippen LogP contribution < -0.4 is 10.9 Å². The Hall–Kier alpha value is -3.76. The van der Waals surface area contributed by atoms with E-state index in [1.165, 1.54) is 12.1 Å². The second-order valence-electron chi connectivity index (χ2n) is 11.3. The molecular weight excluding hydrogens is 663 g/mol. The van der Waals surface area contributed by atoms with E-state index in [1.807, 2.05) is 6.08 Å². The minimum Gasteiger partial charge on any atom is -0.444 e. The Morgan fingerprint density at radius 1 is 0.956 bits per heavy atom. The molecule has 0 radical (unpaired) electrons. The quantitative estimate of drug-likeness (QED) is 0.205. The molecule has 0 unspecified atom stereocenters. The lowest BCUT2D eigenvalue weighted by Gasteiger charge is -2.27. The molecule has 13 heteroatoms. The molecule has 234 valence electrons. The first kappa shape index (κ1) is 32.6. The molecule has 4 aromatic rings. The van der Waals surface area contributed by atoms with Crippen LogP contribution in [0.1, 0.15) is 48.1 Å².